The lowest BCUT2D eigenvalue weighted by molar-refractivity contribution is -0.448. The Bertz CT molecular complexity index is 569. The first-order valence-electron chi connectivity index (χ1n) is 7.99. The van der Waals surface area contributed by atoms with Gasteiger partial charge in [0.1, 0.15) is 12.7 Å². The first-order valence-corrected chi connectivity index (χ1v) is 7.99. The highest BCUT2D eigenvalue weighted by molar-refractivity contribution is 5.68. The van der Waals surface area contributed by atoms with Crippen molar-refractivity contribution in [2.75, 3.05) is 20.8 Å². The molecular formula is C16H24O11. The molecule has 27 heavy (non-hydrogen) atoms. The van der Waals surface area contributed by atoms with Crippen LogP contribution in [0.25, 0.3) is 0 Å². The van der Waals surface area contributed by atoms with Gasteiger partial charge in [0.25, 0.3) is 0 Å². The number of rotatable bonds is 7. The van der Waals surface area contributed by atoms with Crippen molar-refractivity contribution in [2.45, 2.75) is 58.1 Å². The third-order valence-electron chi connectivity index (χ3n) is 3.57. The Morgan fingerprint density at radius 2 is 1.26 bits per heavy atom. The van der Waals surface area contributed by atoms with E-state index in [1.165, 1.54) is 21.1 Å². The smallest absolute Gasteiger partial charge is 0.326 e. The number of hydrogen-bond acceptors (Lipinski definition) is 11. The molecule has 0 N–H and O–H groups in total. The highest BCUT2D eigenvalue weighted by Gasteiger charge is 2.61. The van der Waals surface area contributed by atoms with Gasteiger partial charge in [-0.2, -0.15) is 0 Å². The standard InChI is InChI=1S/C16H24O11/c1-8(17)23-7-12-13(24-9(2)18)14(25-10(3)19)15(26-11(4)20)16(21-5,22-6)27-12/h12-15H,7H2,1-6H3/t12-,13-,14+,15+/m1/s1. The molecule has 0 spiro atoms. The van der Waals surface area contributed by atoms with Gasteiger partial charge >= 0.3 is 29.9 Å². The largest absolute Gasteiger partial charge is 0.463 e. The number of carbonyl (C=O) groups excluding carboxylic acids is 4. The second-order valence-electron chi connectivity index (χ2n) is 5.65. The quantitative estimate of drug-likeness (QED) is 0.321. The predicted octanol–water partition coefficient (Wildman–Crippen LogP) is -0.310. The van der Waals surface area contributed by atoms with E-state index in [0.717, 1.165) is 20.8 Å². The molecule has 0 radical (unpaired) electrons. The van der Waals surface area contributed by atoms with Crippen LogP contribution in [0, 0.1) is 0 Å². The summed E-state index contributed by atoms with van der Waals surface area (Å²) in [6.07, 6.45) is -5.21. The number of methoxy groups -OCH3 is 2. The van der Waals surface area contributed by atoms with E-state index in [1.54, 1.807) is 0 Å². The molecular weight excluding hydrogens is 368 g/mol. The SMILES string of the molecule is COC1(OC)O[C@H](COC(C)=O)[C@@H](OC(C)=O)[C@H](OC(C)=O)[C@@H]1OC(C)=O. The van der Waals surface area contributed by atoms with Gasteiger partial charge in [0.2, 0.25) is 6.10 Å². The molecule has 1 aliphatic rings. The van der Waals surface area contributed by atoms with E-state index in [2.05, 4.69) is 0 Å². The molecule has 154 valence electrons. The molecule has 4 atom stereocenters. The maximum Gasteiger partial charge on any atom is 0.326 e. The fourth-order valence-electron chi connectivity index (χ4n) is 2.64. The van der Waals surface area contributed by atoms with Crippen molar-refractivity contribution in [3.8, 4) is 0 Å². The van der Waals surface area contributed by atoms with Gasteiger partial charge in [-0.05, 0) is 0 Å². The highest BCUT2D eigenvalue weighted by Crippen LogP contribution is 2.37. The first-order chi connectivity index (χ1) is 12.6. The van der Waals surface area contributed by atoms with Crippen molar-refractivity contribution >= 4 is 23.9 Å². The van der Waals surface area contributed by atoms with Crippen LogP contribution in [0.5, 0.6) is 0 Å². The lowest BCUT2D eigenvalue weighted by Gasteiger charge is -2.48. The van der Waals surface area contributed by atoms with Gasteiger partial charge in [-0.3, -0.25) is 19.2 Å². The normalized spacial score (nSPS) is 26.6. The van der Waals surface area contributed by atoms with Crippen LogP contribution in [-0.4, -0.2) is 75.1 Å². The molecule has 0 aliphatic carbocycles. The van der Waals surface area contributed by atoms with Gasteiger partial charge in [-0.1, -0.05) is 0 Å². The lowest BCUT2D eigenvalue weighted by atomic mass is 9.96. The molecule has 0 aromatic heterocycles. The molecule has 1 fully saturated rings. The number of esters is 4. The minimum atomic E-state index is -2.01. The molecule has 1 aliphatic heterocycles. The van der Waals surface area contributed by atoms with Crippen LogP contribution < -0.4 is 0 Å². The zero-order valence-corrected chi connectivity index (χ0v) is 16.0. The average Bonchev–Trinajstić information content (AvgIpc) is 2.56. The number of carbonyl (C=O) groups is 4. The van der Waals surface area contributed by atoms with Crippen LogP contribution in [0.15, 0.2) is 0 Å². The summed E-state index contributed by atoms with van der Waals surface area (Å²) in [5.41, 5.74) is 0. The van der Waals surface area contributed by atoms with Crippen LogP contribution in [0.4, 0.5) is 0 Å². The van der Waals surface area contributed by atoms with E-state index in [4.69, 9.17) is 33.2 Å². The summed E-state index contributed by atoms with van der Waals surface area (Å²) in [6.45, 7) is 4.17. The Hall–Kier alpha value is -2.24. The molecule has 11 heteroatoms. The highest BCUT2D eigenvalue weighted by atomic mass is 16.9. The lowest BCUT2D eigenvalue weighted by Crippen LogP contribution is -2.69. The average molecular weight is 392 g/mol. The van der Waals surface area contributed by atoms with Gasteiger partial charge in [-0.25, -0.2) is 0 Å². The van der Waals surface area contributed by atoms with Crippen molar-refractivity contribution < 1.29 is 52.3 Å². The van der Waals surface area contributed by atoms with E-state index in [1.807, 2.05) is 0 Å². The number of ether oxygens (including phenoxy) is 7. The summed E-state index contributed by atoms with van der Waals surface area (Å²) in [5.74, 6) is -4.85. The van der Waals surface area contributed by atoms with Crippen molar-refractivity contribution in [2.24, 2.45) is 0 Å². The van der Waals surface area contributed by atoms with E-state index in [0.29, 0.717) is 0 Å². The van der Waals surface area contributed by atoms with E-state index in [9.17, 15) is 19.2 Å². The molecule has 1 rings (SSSR count). The van der Waals surface area contributed by atoms with Crippen LogP contribution in [-0.2, 0) is 52.3 Å². The molecule has 0 unspecified atom stereocenters. The predicted molar refractivity (Wildman–Crippen MR) is 84.9 cm³/mol. The molecule has 0 bridgehead atoms. The third kappa shape index (κ3) is 5.88. The van der Waals surface area contributed by atoms with E-state index >= 15 is 0 Å². The fourth-order valence-corrected chi connectivity index (χ4v) is 2.64. The van der Waals surface area contributed by atoms with Gasteiger partial charge in [0, 0.05) is 41.9 Å². The van der Waals surface area contributed by atoms with Gasteiger partial charge in [-0.15, -0.1) is 0 Å². The summed E-state index contributed by atoms with van der Waals surface area (Å²) in [5, 5.41) is 0. The first kappa shape index (κ1) is 22.8. The summed E-state index contributed by atoms with van der Waals surface area (Å²) in [4.78, 5) is 45.9. The Kier molecular flexibility index (Phi) is 8.13. The molecule has 1 saturated heterocycles. The van der Waals surface area contributed by atoms with Crippen molar-refractivity contribution in [1.82, 2.24) is 0 Å². The zero-order valence-electron chi connectivity index (χ0n) is 16.0. The molecule has 0 aromatic rings. The summed E-state index contributed by atoms with van der Waals surface area (Å²) in [6, 6.07) is 0. The Labute approximate surface area is 156 Å². The van der Waals surface area contributed by atoms with Crippen LogP contribution >= 0.6 is 0 Å². The molecule has 0 aromatic carbocycles. The van der Waals surface area contributed by atoms with Crippen molar-refractivity contribution in [3.63, 3.8) is 0 Å². The summed E-state index contributed by atoms with van der Waals surface area (Å²) < 4.78 is 36.8. The van der Waals surface area contributed by atoms with Gasteiger partial charge in [0.05, 0.1) is 0 Å². The fraction of sp³-hybridized carbons (Fsp3) is 0.750. The van der Waals surface area contributed by atoms with Crippen LogP contribution in [0.2, 0.25) is 0 Å². The van der Waals surface area contributed by atoms with E-state index < -0.39 is 54.3 Å². The van der Waals surface area contributed by atoms with Crippen LogP contribution in [0.1, 0.15) is 27.7 Å². The molecule has 0 saturated carbocycles. The Morgan fingerprint density at radius 3 is 1.67 bits per heavy atom. The third-order valence-corrected chi connectivity index (χ3v) is 3.57. The Balaban J connectivity index is 3.41. The Morgan fingerprint density at radius 1 is 0.778 bits per heavy atom. The monoisotopic (exact) mass is 392 g/mol. The molecule has 11 nitrogen and oxygen atoms in total. The summed E-state index contributed by atoms with van der Waals surface area (Å²) >= 11 is 0. The summed E-state index contributed by atoms with van der Waals surface area (Å²) in [7, 11) is 2.42. The van der Waals surface area contributed by atoms with Crippen LogP contribution in [0.3, 0.4) is 0 Å². The maximum absolute atomic E-state index is 11.6. The maximum atomic E-state index is 11.6. The van der Waals surface area contributed by atoms with Crippen molar-refractivity contribution in [3.05, 3.63) is 0 Å². The minimum Gasteiger partial charge on any atom is -0.463 e. The number of hydrogen-bond donors (Lipinski definition) is 0. The topological polar surface area (TPSA) is 133 Å². The molecule has 0 amide bonds. The van der Waals surface area contributed by atoms with Gasteiger partial charge < -0.3 is 33.2 Å². The zero-order chi connectivity index (χ0) is 20.8. The van der Waals surface area contributed by atoms with E-state index in [-0.39, 0.29) is 6.61 Å². The van der Waals surface area contributed by atoms with Gasteiger partial charge in [0.15, 0.2) is 12.2 Å². The van der Waals surface area contributed by atoms with Crippen molar-refractivity contribution in [1.29, 1.82) is 0 Å². The minimum absolute atomic E-state index is 0.369. The second kappa shape index (κ2) is 9.62. The molecule has 1 heterocycles. The second-order valence-corrected chi connectivity index (χ2v) is 5.65.